The highest BCUT2D eigenvalue weighted by molar-refractivity contribution is 7.99. The first-order valence-corrected chi connectivity index (χ1v) is 7.36. The van der Waals surface area contributed by atoms with Crippen LogP contribution in [0.4, 0.5) is 0 Å². The Bertz CT molecular complexity index is 343. The lowest BCUT2D eigenvalue weighted by atomic mass is 10.1. The Morgan fingerprint density at radius 3 is 2.72 bits per heavy atom. The molecular formula is C14H21NO2S. The van der Waals surface area contributed by atoms with E-state index in [2.05, 4.69) is 41.2 Å². The summed E-state index contributed by atoms with van der Waals surface area (Å²) in [5.74, 6) is 1.64. The molecule has 0 aliphatic rings. The molecule has 0 amide bonds. The van der Waals surface area contributed by atoms with Crippen LogP contribution in [0.3, 0.4) is 0 Å². The number of carbonyl (C=O) groups excluding carboxylic acids is 1. The molecule has 0 saturated carbocycles. The molecule has 0 bridgehead atoms. The maximum absolute atomic E-state index is 11.0. The summed E-state index contributed by atoms with van der Waals surface area (Å²) >= 11 is 1.78. The Kier molecular flexibility index (Phi) is 7.53. The number of thioether (sulfide) groups is 1. The normalized spacial score (nSPS) is 12.1. The first-order valence-electron chi connectivity index (χ1n) is 6.20. The van der Waals surface area contributed by atoms with E-state index < -0.39 is 0 Å². The molecule has 0 heterocycles. The average Bonchev–Trinajstić information content (AvgIpc) is 2.43. The third-order valence-corrected chi connectivity index (χ3v) is 3.68. The van der Waals surface area contributed by atoms with Crippen LogP contribution < -0.4 is 5.32 Å². The van der Waals surface area contributed by atoms with Crippen molar-refractivity contribution in [3.63, 3.8) is 0 Å². The van der Waals surface area contributed by atoms with Gasteiger partial charge in [0.2, 0.25) is 0 Å². The van der Waals surface area contributed by atoms with E-state index in [1.54, 1.807) is 11.8 Å². The third kappa shape index (κ3) is 5.56. The number of methoxy groups -OCH3 is 1. The van der Waals surface area contributed by atoms with Crippen LogP contribution in [0.25, 0.3) is 0 Å². The number of hydrogen-bond acceptors (Lipinski definition) is 4. The summed E-state index contributed by atoms with van der Waals surface area (Å²) < 4.78 is 4.62. The lowest BCUT2D eigenvalue weighted by Gasteiger charge is -2.17. The molecule has 0 saturated heterocycles. The molecule has 1 rings (SSSR count). The largest absolute Gasteiger partial charge is 0.469 e. The van der Waals surface area contributed by atoms with E-state index in [0.717, 1.165) is 18.1 Å². The molecule has 1 aromatic carbocycles. The Morgan fingerprint density at radius 1 is 1.39 bits per heavy atom. The molecule has 0 aliphatic carbocycles. The van der Waals surface area contributed by atoms with Crippen molar-refractivity contribution in [1.29, 1.82) is 0 Å². The zero-order valence-electron chi connectivity index (χ0n) is 11.0. The number of rotatable bonds is 8. The summed E-state index contributed by atoms with van der Waals surface area (Å²) in [5.41, 5.74) is 1.30. The van der Waals surface area contributed by atoms with Crippen LogP contribution in [0.15, 0.2) is 30.3 Å². The first kappa shape index (κ1) is 15.1. The Hall–Kier alpha value is -1.00. The monoisotopic (exact) mass is 267 g/mol. The summed E-state index contributed by atoms with van der Waals surface area (Å²) in [5, 5.41) is 3.46. The zero-order chi connectivity index (χ0) is 13.2. The predicted molar refractivity (Wildman–Crippen MR) is 76.8 cm³/mol. The molecule has 0 radical (unpaired) electrons. The van der Waals surface area contributed by atoms with Gasteiger partial charge in [-0.15, -0.1) is 0 Å². The van der Waals surface area contributed by atoms with Crippen molar-refractivity contribution in [1.82, 2.24) is 5.32 Å². The van der Waals surface area contributed by atoms with Gasteiger partial charge in [0.05, 0.1) is 13.5 Å². The van der Waals surface area contributed by atoms with Crippen molar-refractivity contribution in [2.45, 2.75) is 19.4 Å². The van der Waals surface area contributed by atoms with Crippen LogP contribution >= 0.6 is 11.8 Å². The molecular weight excluding hydrogens is 246 g/mol. The molecule has 1 unspecified atom stereocenters. The Morgan fingerprint density at radius 2 is 2.11 bits per heavy atom. The SMILES string of the molecule is CCNC(CSCCC(=O)OC)c1ccccc1. The number of benzene rings is 1. The Balaban J connectivity index is 2.37. The minimum atomic E-state index is -0.137. The minimum absolute atomic E-state index is 0.137. The molecule has 0 aliphatic heterocycles. The zero-order valence-corrected chi connectivity index (χ0v) is 11.8. The summed E-state index contributed by atoms with van der Waals surface area (Å²) in [4.78, 5) is 11.0. The maximum atomic E-state index is 11.0. The second-order valence-electron chi connectivity index (χ2n) is 3.92. The van der Waals surface area contributed by atoms with Crippen LogP contribution in [0.5, 0.6) is 0 Å². The van der Waals surface area contributed by atoms with Gasteiger partial charge in [-0.2, -0.15) is 11.8 Å². The molecule has 0 spiro atoms. The van der Waals surface area contributed by atoms with E-state index in [9.17, 15) is 4.79 Å². The quantitative estimate of drug-likeness (QED) is 0.580. The lowest BCUT2D eigenvalue weighted by Crippen LogP contribution is -2.23. The van der Waals surface area contributed by atoms with Crippen molar-refractivity contribution >= 4 is 17.7 Å². The van der Waals surface area contributed by atoms with Crippen LogP contribution in [0.1, 0.15) is 24.9 Å². The fourth-order valence-electron chi connectivity index (χ4n) is 1.66. The van der Waals surface area contributed by atoms with Gasteiger partial charge in [-0.25, -0.2) is 0 Å². The highest BCUT2D eigenvalue weighted by Gasteiger charge is 2.10. The van der Waals surface area contributed by atoms with Crippen LogP contribution in [0.2, 0.25) is 0 Å². The number of nitrogens with one attached hydrogen (secondary N) is 1. The van der Waals surface area contributed by atoms with Gasteiger partial charge < -0.3 is 10.1 Å². The highest BCUT2D eigenvalue weighted by Crippen LogP contribution is 2.18. The average molecular weight is 267 g/mol. The predicted octanol–water partition coefficient (Wildman–Crippen LogP) is 2.63. The smallest absolute Gasteiger partial charge is 0.306 e. The van der Waals surface area contributed by atoms with Gasteiger partial charge in [0.15, 0.2) is 0 Å². The number of ether oxygens (including phenoxy) is 1. The van der Waals surface area contributed by atoms with Crippen molar-refractivity contribution in [2.24, 2.45) is 0 Å². The molecule has 3 nitrogen and oxygen atoms in total. The number of hydrogen-bond donors (Lipinski definition) is 1. The minimum Gasteiger partial charge on any atom is -0.469 e. The lowest BCUT2D eigenvalue weighted by molar-refractivity contribution is -0.140. The standard InChI is InChI=1S/C14H21NO2S/c1-3-15-13(12-7-5-4-6-8-12)11-18-10-9-14(16)17-2/h4-8,13,15H,3,9-11H2,1-2H3. The van der Waals surface area contributed by atoms with Crippen LogP contribution in [-0.2, 0) is 9.53 Å². The van der Waals surface area contributed by atoms with Gasteiger partial charge in [-0.3, -0.25) is 4.79 Å². The molecule has 0 fully saturated rings. The molecule has 1 N–H and O–H groups in total. The summed E-state index contributed by atoms with van der Waals surface area (Å²) in [7, 11) is 1.43. The van der Waals surface area contributed by atoms with Crippen molar-refractivity contribution in [2.75, 3.05) is 25.2 Å². The van der Waals surface area contributed by atoms with E-state index in [1.807, 2.05) is 6.07 Å². The van der Waals surface area contributed by atoms with Gasteiger partial charge >= 0.3 is 5.97 Å². The highest BCUT2D eigenvalue weighted by atomic mass is 32.2. The second kappa shape index (κ2) is 9.00. The molecule has 0 aromatic heterocycles. The summed E-state index contributed by atoms with van der Waals surface area (Å²) in [6.07, 6.45) is 0.481. The van der Waals surface area contributed by atoms with E-state index in [1.165, 1.54) is 12.7 Å². The van der Waals surface area contributed by atoms with Crippen LogP contribution in [0, 0.1) is 0 Å². The molecule has 4 heteroatoms. The van der Waals surface area contributed by atoms with Crippen molar-refractivity contribution < 1.29 is 9.53 Å². The summed E-state index contributed by atoms with van der Waals surface area (Å²) in [6, 6.07) is 10.7. The van der Waals surface area contributed by atoms with Gasteiger partial charge in [0, 0.05) is 17.5 Å². The second-order valence-corrected chi connectivity index (χ2v) is 5.07. The van der Waals surface area contributed by atoms with E-state index in [4.69, 9.17) is 0 Å². The molecule has 100 valence electrons. The van der Waals surface area contributed by atoms with E-state index in [-0.39, 0.29) is 5.97 Å². The van der Waals surface area contributed by atoms with E-state index in [0.29, 0.717) is 12.5 Å². The first-order chi connectivity index (χ1) is 8.77. The number of esters is 1. The van der Waals surface area contributed by atoms with Gasteiger partial charge in [-0.05, 0) is 12.1 Å². The maximum Gasteiger partial charge on any atom is 0.306 e. The topological polar surface area (TPSA) is 38.3 Å². The molecule has 1 atom stereocenters. The Labute approximate surface area is 113 Å². The third-order valence-electron chi connectivity index (χ3n) is 2.62. The van der Waals surface area contributed by atoms with Crippen LogP contribution in [-0.4, -0.2) is 31.1 Å². The fourth-order valence-corrected chi connectivity index (χ4v) is 2.69. The summed E-state index contributed by atoms with van der Waals surface area (Å²) in [6.45, 7) is 3.05. The van der Waals surface area contributed by atoms with Crippen molar-refractivity contribution in [3.05, 3.63) is 35.9 Å². The van der Waals surface area contributed by atoms with E-state index >= 15 is 0 Å². The van der Waals surface area contributed by atoms with Gasteiger partial charge in [0.25, 0.3) is 0 Å². The van der Waals surface area contributed by atoms with Gasteiger partial charge in [0.1, 0.15) is 0 Å². The number of carbonyl (C=O) groups is 1. The van der Waals surface area contributed by atoms with Gasteiger partial charge in [-0.1, -0.05) is 37.3 Å². The molecule has 1 aromatic rings. The molecule has 18 heavy (non-hydrogen) atoms. The van der Waals surface area contributed by atoms with Crippen molar-refractivity contribution in [3.8, 4) is 0 Å². The fraction of sp³-hybridized carbons (Fsp3) is 0.500.